The number of rotatable bonds is 19. The van der Waals surface area contributed by atoms with E-state index in [1.54, 1.807) is 59.3 Å². The molecule has 4 saturated carbocycles. The molecule has 9 aliphatic rings. The van der Waals surface area contributed by atoms with Crippen LogP contribution in [0, 0.1) is 28.6 Å². The van der Waals surface area contributed by atoms with Gasteiger partial charge in [0, 0.05) is 60.3 Å². The number of ether oxygens (including phenoxy) is 16. The molecule has 5 aliphatic heterocycles. The van der Waals surface area contributed by atoms with Gasteiger partial charge in [0.1, 0.15) is 78.8 Å². The predicted octanol–water partition coefficient (Wildman–Crippen LogP) is 2.54. The molecule has 10 rings (SSSR count). The monoisotopic (exact) mass is 1280 g/mol. The zero-order valence-corrected chi connectivity index (χ0v) is 54.0. The standard InChI is InChI=1S/C64H101NO25/c1-29-53(87-47-26-42(76-10)54(30(2)80-47)88-48-27-43(77-11)55(31(3)81-48)89-60-52(71)57(78-12)56(32(4)82-60)90-59-51(70)50(69)49(68)44(28-66)86-59)41(75-9)25-46(79-29)85-36-19-20-61(7)35(23-36)17-18-38-39(61)24-45(84-34(6)67)62(8)63(73,21-22-64(38,62)74)33(5)83-58(72)37-15-13-14-16-40(37)65/h13-16,29-33,35-36,38-39,41-57,59-60,66,68-71,73-74H,17-28,65H2,1-12H3/t29-,30-,31-,32-,33+,35+,36+,38-,39+,41+,42-,43+,44-,45-,46+,47+,48+,49-,50+,51-,52-,53-,54-,55-,56-,57+,59+,60+,61+,62-,63-,64+/m1/s1. The smallest absolute Gasteiger partial charge is 0.340 e. The van der Waals surface area contributed by atoms with Crippen LogP contribution in [0.1, 0.15) is 136 Å². The molecule has 0 bridgehead atoms. The van der Waals surface area contributed by atoms with E-state index in [2.05, 4.69) is 6.92 Å². The van der Waals surface area contributed by atoms with Crippen molar-refractivity contribution < 1.29 is 121 Å². The number of methoxy groups -OCH3 is 4. The van der Waals surface area contributed by atoms with Crippen LogP contribution in [0.4, 0.5) is 5.69 Å². The van der Waals surface area contributed by atoms with Crippen LogP contribution in [0.5, 0.6) is 0 Å². The summed E-state index contributed by atoms with van der Waals surface area (Å²) in [7, 11) is 6.16. The van der Waals surface area contributed by atoms with E-state index in [1.807, 2.05) is 20.8 Å². The minimum atomic E-state index is -1.73. The van der Waals surface area contributed by atoms with E-state index in [-0.39, 0.29) is 59.8 Å². The van der Waals surface area contributed by atoms with Crippen LogP contribution in [0.3, 0.4) is 0 Å². The Hall–Kier alpha value is -2.88. The lowest BCUT2D eigenvalue weighted by atomic mass is 9.42. The van der Waals surface area contributed by atoms with Gasteiger partial charge < -0.3 is 117 Å². The van der Waals surface area contributed by atoms with Crippen molar-refractivity contribution in [3.05, 3.63) is 29.8 Å². The largest absolute Gasteiger partial charge is 0.462 e. The van der Waals surface area contributed by atoms with Gasteiger partial charge in [0.25, 0.3) is 0 Å². The van der Waals surface area contributed by atoms with Gasteiger partial charge in [0.2, 0.25) is 0 Å². The number of nitrogen functional groups attached to an aromatic ring is 1. The summed E-state index contributed by atoms with van der Waals surface area (Å²) in [6.07, 6.45) is -16.8. The average Bonchev–Trinajstić information content (AvgIpc) is 1.41. The zero-order chi connectivity index (χ0) is 65.1. The third-order valence-corrected chi connectivity index (χ3v) is 22.7. The number of nitrogens with two attached hydrogens (primary N) is 1. The minimum absolute atomic E-state index is 0.0375. The molecule has 5 heterocycles. The van der Waals surface area contributed by atoms with Crippen LogP contribution in [-0.2, 0) is 80.6 Å². The van der Waals surface area contributed by atoms with Gasteiger partial charge in [-0.1, -0.05) is 26.0 Å². The number of benzene rings is 1. The first-order valence-corrected chi connectivity index (χ1v) is 32.3. The van der Waals surface area contributed by atoms with E-state index in [4.69, 9.17) is 81.5 Å². The molecule has 32 atom stereocenters. The first kappa shape index (κ1) is 69.9. The molecule has 0 radical (unpaired) electrons. The first-order chi connectivity index (χ1) is 42.7. The Morgan fingerprint density at radius 3 is 1.71 bits per heavy atom. The Balaban J connectivity index is 0.712. The Kier molecular flexibility index (Phi) is 21.8. The number of esters is 2. The van der Waals surface area contributed by atoms with Gasteiger partial charge in [-0.05, 0) is 121 Å². The molecule has 1 aromatic carbocycles. The predicted molar refractivity (Wildman–Crippen MR) is 313 cm³/mol. The molecule has 0 spiro atoms. The van der Waals surface area contributed by atoms with Gasteiger partial charge in [-0.25, -0.2) is 4.79 Å². The van der Waals surface area contributed by atoms with E-state index < -0.39 is 183 Å². The third kappa shape index (κ3) is 12.9. The second-order valence-corrected chi connectivity index (χ2v) is 27.4. The van der Waals surface area contributed by atoms with Crippen molar-refractivity contribution in [1.29, 1.82) is 0 Å². The van der Waals surface area contributed by atoms with Crippen molar-refractivity contribution in [2.24, 2.45) is 28.6 Å². The molecule has 26 heteroatoms. The highest BCUT2D eigenvalue weighted by atomic mass is 16.8. The van der Waals surface area contributed by atoms with Gasteiger partial charge in [-0.2, -0.15) is 0 Å². The summed E-state index contributed by atoms with van der Waals surface area (Å²) in [4.78, 5) is 26.4. The number of para-hydroxylation sites is 1. The van der Waals surface area contributed by atoms with Crippen molar-refractivity contribution in [3.8, 4) is 0 Å². The summed E-state index contributed by atoms with van der Waals surface area (Å²) in [5.74, 6) is -1.22. The number of hydrogen-bond acceptors (Lipinski definition) is 26. The van der Waals surface area contributed by atoms with Gasteiger partial charge in [-0.15, -0.1) is 0 Å². The van der Waals surface area contributed by atoms with E-state index >= 15 is 0 Å². The normalized spacial score (nSPS) is 49.2. The molecule has 9 fully saturated rings. The van der Waals surface area contributed by atoms with E-state index in [0.29, 0.717) is 25.7 Å². The second kappa shape index (κ2) is 28.1. The fraction of sp³-hybridized carbons (Fsp3) is 0.875. The van der Waals surface area contributed by atoms with E-state index in [1.165, 1.54) is 21.1 Å². The van der Waals surface area contributed by atoms with Gasteiger partial charge >= 0.3 is 11.9 Å². The molecular formula is C64H101NO25. The van der Waals surface area contributed by atoms with Crippen molar-refractivity contribution in [2.75, 3.05) is 40.8 Å². The van der Waals surface area contributed by atoms with Crippen LogP contribution < -0.4 is 5.73 Å². The molecule has 26 nitrogen and oxygen atoms in total. The number of fused-ring (bicyclic) bond motifs is 5. The van der Waals surface area contributed by atoms with Crippen LogP contribution in [-0.4, -0.2) is 247 Å². The maximum atomic E-state index is 13.5. The Morgan fingerprint density at radius 1 is 0.611 bits per heavy atom. The lowest BCUT2D eigenvalue weighted by molar-refractivity contribution is -0.374. The highest BCUT2D eigenvalue weighted by molar-refractivity contribution is 5.95. The number of aliphatic hydroxyl groups is 7. The molecular weight excluding hydrogens is 1180 g/mol. The molecule has 512 valence electrons. The molecule has 5 saturated heterocycles. The number of carbonyl (C=O) groups is 2. The number of carbonyl (C=O) groups excluding carboxylic acids is 2. The van der Waals surface area contributed by atoms with Gasteiger partial charge in [0.05, 0.1) is 72.0 Å². The zero-order valence-electron chi connectivity index (χ0n) is 54.0. The first-order valence-electron chi connectivity index (χ1n) is 32.3. The highest BCUT2D eigenvalue weighted by Gasteiger charge is 2.77. The van der Waals surface area contributed by atoms with Crippen LogP contribution in [0.2, 0.25) is 0 Å². The van der Waals surface area contributed by atoms with Crippen LogP contribution in [0.15, 0.2) is 24.3 Å². The summed E-state index contributed by atoms with van der Waals surface area (Å²) >= 11 is 0. The third-order valence-electron chi connectivity index (χ3n) is 22.7. The van der Waals surface area contributed by atoms with E-state index in [9.17, 15) is 45.3 Å². The Bertz CT molecular complexity index is 2570. The lowest BCUT2D eigenvalue weighted by Gasteiger charge is -2.66. The summed E-state index contributed by atoms with van der Waals surface area (Å²) in [6.45, 7) is 13.7. The highest BCUT2D eigenvalue weighted by Crippen LogP contribution is 2.71. The van der Waals surface area contributed by atoms with Crippen molar-refractivity contribution in [3.63, 3.8) is 0 Å². The molecule has 9 N–H and O–H groups in total. The maximum Gasteiger partial charge on any atom is 0.340 e. The van der Waals surface area contributed by atoms with Gasteiger partial charge in [0.15, 0.2) is 31.5 Å². The van der Waals surface area contributed by atoms with Crippen molar-refractivity contribution in [2.45, 2.75) is 291 Å². The Labute approximate surface area is 527 Å². The SMILES string of the molecule is CO[C@H]1[C@@H](O)[C@H](O[C@H]2[C@@H](OC)C[C@H](O[C@@H]3[C@@H](C)O[C@@H](O[C@H]4[C@@H](OC)C[C@H](O[C@H]5CC[C@@]6(C)[C@@H](CC[C@@H]7[C@@H]6C[C@@H](OC(C)=O)[C@]6(C)[C@](O)([C@H](C)OC(=O)c8ccccc8N)CC[C@]76O)C5)O[C@@H]4C)C[C@H]3OC)O[C@@H]2C)O[C@H](C)[C@H]1O[C@@H]1O[C@H](CO)[C@@H](O)[C@H](O)[C@H]1O. The maximum absolute atomic E-state index is 13.5. The van der Waals surface area contributed by atoms with E-state index in [0.717, 1.165) is 25.7 Å². The van der Waals surface area contributed by atoms with Crippen molar-refractivity contribution in [1.82, 2.24) is 0 Å². The summed E-state index contributed by atoms with van der Waals surface area (Å²) in [6, 6.07) is 6.58. The molecule has 1 aromatic rings. The molecule has 4 aliphatic carbocycles. The summed E-state index contributed by atoms with van der Waals surface area (Å²) in [5, 5.41) is 78.6. The van der Waals surface area contributed by atoms with Gasteiger partial charge in [-0.3, -0.25) is 4.79 Å². The van der Waals surface area contributed by atoms with Crippen LogP contribution in [0.25, 0.3) is 0 Å². The number of aliphatic hydroxyl groups excluding tert-OH is 5. The average molecular weight is 1280 g/mol. The minimum Gasteiger partial charge on any atom is -0.462 e. The molecule has 0 amide bonds. The topological polar surface area (TPSA) is 349 Å². The second-order valence-electron chi connectivity index (χ2n) is 27.4. The lowest BCUT2D eigenvalue weighted by Crippen LogP contribution is -2.72. The number of anilines is 1. The fourth-order valence-electron chi connectivity index (χ4n) is 17.5. The van der Waals surface area contributed by atoms with Crippen molar-refractivity contribution >= 4 is 17.6 Å². The fourth-order valence-corrected chi connectivity index (χ4v) is 17.5. The quantitative estimate of drug-likeness (QED) is 0.0560. The Morgan fingerprint density at radius 2 is 1.16 bits per heavy atom. The van der Waals surface area contributed by atoms with Crippen LogP contribution >= 0.6 is 0 Å². The number of hydrogen-bond donors (Lipinski definition) is 8. The summed E-state index contributed by atoms with van der Waals surface area (Å²) in [5.41, 5.74) is 1.77. The summed E-state index contributed by atoms with van der Waals surface area (Å²) < 4.78 is 99.8. The molecule has 90 heavy (non-hydrogen) atoms. The molecule has 0 aromatic heterocycles. The molecule has 0 unspecified atom stereocenters.